The summed E-state index contributed by atoms with van der Waals surface area (Å²) in [6, 6.07) is 1.56. The van der Waals surface area contributed by atoms with E-state index in [4.69, 9.17) is 11.6 Å². The molecule has 1 fully saturated rings. The third kappa shape index (κ3) is 2.79. The van der Waals surface area contributed by atoms with E-state index in [9.17, 15) is 12.8 Å². The van der Waals surface area contributed by atoms with Crippen LogP contribution < -0.4 is 4.90 Å². The molecule has 1 saturated heterocycles. The second kappa shape index (κ2) is 5.32. The summed E-state index contributed by atoms with van der Waals surface area (Å²) in [4.78, 5) is 2.01. The van der Waals surface area contributed by atoms with Crippen molar-refractivity contribution in [3.63, 3.8) is 0 Å². The topological polar surface area (TPSA) is 69.3 Å². The molecule has 0 spiro atoms. The van der Waals surface area contributed by atoms with E-state index >= 15 is 0 Å². The standard InChI is InChI=1S/C14H18ClFN4O2S/c1-14(2)8-19(4-5-20(14)23(3,21)22)11-6-10(15)12(16)9-7-17-18-13(9)11/h6-7H,4-5,8H2,1-3H3,(H,17,18). The number of hydrogen-bond acceptors (Lipinski definition) is 4. The highest BCUT2D eigenvalue weighted by Crippen LogP contribution is 2.35. The predicted molar refractivity (Wildman–Crippen MR) is 88.9 cm³/mol. The number of halogens is 2. The number of nitrogens with one attached hydrogen (secondary N) is 1. The van der Waals surface area contributed by atoms with Gasteiger partial charge in [-0.15, -0.1) is 0 Å². The molecule has 0 amide bonds. The van der Waals surface area contributed by atoms with Gasteiger partial charge in [-0.2, -0.15) is 9.40 Å². The highest BCUT2D eigenvalue weighted by molar-refractivity contribution is 7.88. The predicted octanol–water partition coefficient (Wildman–Crippen LogP) is 2.22. The molecule has 1 N–H and O–H groups in total. The Labute approximate surface area is 139 Å². The summed E-state index contributed by atoms with van der Waals surface area (Å²) in [7, 11) is -3.29. The summed E-state index contributed by atoms with van der Waals surface area (Å²) in [6.45, 7) is 5.06. The third-order valence-corrected chi connectivity index (χ3v) is 5.92. The van der Waals surface area contributed by atoms with Gasteiger partial charge in [0.15, 0.2) is 5.82 Å². The van der Waals surface area contributed by atoms with Crippen LogP contribution >= 0.6 is 11.6 Å². The lowest BCUT2D eigenvalue weighted by atomic mass is 10.0. The van der Waals surface area contributed by atoms with Gasteiger partial charge in [-0.25, -0.2) is 12.8 Å². The number of nitrogens with zero attached hydrogens (tertiary/aromatic N) is 3. The maximum Gasteiger partial charge on any atom is 0.211 e. The Bertz CT molecular complexity index is 865. The van der Waals surface area contributed by atoms with Crippen molar-refractivity contribution in [3.05, 3.63) is 23.1 Å². The summed E-state index contributed by atoms with van der Waals surface area (Å²) in [5, 5.41) is 7.05. The first-order valence-corrected chi connectivity index (χ1v) is 9.38. The van der Waals surface area contributed by atoms with Crippen molar-refractivity contribution in [2.24, 2.45) is 0 Å². The third-order valence-electron chi connectivity index (χ3n) is 4.17. The summed E-state index contributed by atoms with van der Waals surface area (Å²) in [5.41, 5.74) is 0.708. The normalized spacial score (nSPS) is 19.4. The smallest absolute Gasteiger partial charge is 0.211 e. The summed E-state index contributed by atoms with van der Waals surface area (Å²) < 4.78 is 39.4. The zero-order valence-corrected chi connectivity index (χ0v) is 14.7. The molecule has 3 rings (SSSR count). The first kappa shape index (κ1) is 16.5. The molecule has 6 nitrogen and oxygen atoms in total. The minimum atomic E-state index is -3.29. The molecule has 23 heavy (non-hydrogen) atoms. The van der Waals surface area contributed by atoms with Crippen molar-refractivity contribution in [2.45, 2.75) is 19.4 Å². The molecule has 0 radical (unpaired) electrons. The SMILES string of the molecule is CC1(C)CN(c2cc(Cl)c(F)c3cn[nH]c23)CCN1S(C)(=O)=O. The summed E-state index contributed by atoms with van der Waals surface area (Å²) >= 11 is 5.99. The Morgan fingerprint density at radius 3 is 2.70 bits per heavy atom. The van der Waals surface area contributed by atoms with E-state index in [1.807, 2.05) is 18.7 Å². The van der Waals surface area contributed by atoms with Crippen LogP contribution in [-0.2, 0) is 10.0 Å². The number of aromatic nitrogens is 2. The van der Waals surface area contributed by atoms with Gasteiger partial charge in [0.2, 0.25) is 10.0 Å². The Hall–Kier alpha value is -1.38. The number of rotatable bonds is 2. The van der Waals surface area contributed by atoms with Crippen LogP contribution in [0.2, 0.25) is 5.02 Å². The summed E-state index contributed by atoms with van der Waals surface area (Å²) in [6.07, 6.45) is 2.62. The fourth-order valence-electron chi connectivity index (χ4n) is 3.24. The fraction of sp³-hybridized carbons (Fsp3) is 0.500. The van der Waals surface area contributed by atoms with Crippen LogP contribution in [0.3, 0.4) is 0 Å². The molecule has 1 aliphatic heterocycles. The number of benzene rings is 1. The van der Waals surface area contributed by atoms with Crippen LogP contribution in [0.5, 0.6) is 0 Å². The van der Waals surface area contributed by atoms with Gasteiger partial charge in [0.05, 0.1) is 34.1 Å². The van der Waals surface area contributed by atoms with Gasteiger partial charge < -0.3 is 4.90 Å². The molecular formula is C14H18ClFN4O2S. The van der Waals surface area contributed by atoms with Gasteiger partial charge in [0, 0.05) is 25.2 Å². The van der Waals surface area contributed by atoms with Crippen molar-refractivity contribution in [1.82, 2.24) is 14.5 Å². The largest absolute Gasteiger partial charge is 0.367 e. The second-order valence-corrected chi connectivity index (χ2v) is 8.73. The lowest BCUT2D eigenvalue weighted by molar-refractivity contribution is 0.206. The Morgan fingerprint density at radius 1 is 1.39 bits per heavy atom. The number of H-pyrrole nitrogens is 1. The van der Waals surface area contributed by atoms with Crippen LogP contribution in [0.4, 0.5) is 10.1 Å². The minimum absolute atomic E-state index is 0.0252. The molecule has 1 aliphatic rings. The molecule has 2 heterocycles. The molecule has 9 heteroatoms. The van der Waals surface area contributed by atoms with Gasteiger partial charge in [0.25, 0.3) is 0 Å². The molecular weight excluding hydrogens is 343 g/mol. The molecule has 0 atom stereocenters. The molecule has 126 valence electrons. The highest BCUT2D eigenvalue weighted by atomic mass is 35.5. The summed E-state index contributed by atoms with van der Waals surface area (Å²) in [5.74, 6) is -0.506. The molecule has 2 aromatic rings. The number of piperazine rings is 1. The molecule has 0 saturated carbocycles. The van der Waals surface area contributed by atoms with E-state index in [1.165, 1.54) is 16.8 Å². The number of fused-ring (bicyclic) bond motifs is 1. The van der Waals surface area contributed by atoms with Crippen molar-refractivity contribution in [3.8, 4) is 0 Å². The Morgan fingerprint density at radius 2 is 2.09 bits per heavy atom. The van der Waals surface area contributed by atoms with E-state index in [2.05, 4.69) is 10.2 Å². The van der Waals surface area contributed by atoms with E-state index in [1.54, 1.807) is 6.07 Å². The minimum Gasteiger partial charge on any atom is -0.367 e. The Kier molecular flexibility index (Phi) is 3.81. The second-order valence-electron chi connectivity index (χ2n) is 6.42. The number of aromatic amines is 1. The van der Waals surface area contributed by atoms with Crippen LogP contribution in [0.15, 0.2) is 12.3 Å². The lowest BCUT2D eigenvalue weighted by Gasteiger charge is -2.46. The fourth-order valence-corrected chi connectivity index (χ4v) is 4.81. The van der Waals surface area contributed by atoms with E-state index < -0.39 is 21.4 Å². The number of anilines is 1. The van der Waals surface area contributed by atoms with Crippen LogP contribution in [0.1, 0.15) is 13.8 Å². The first-order chi connectivity index (χ1) is 10.6. The molecule has 1 aromatic carbocycles. The van der Waals surface area contributed by atoms with Gasteiger partial charge in [0.1, 0.15) is 0 Å². The maximum atomic E-state index is 14.1. The average molecular weight is 361 g/mol. The van der Waals surface area contributed by atoms with Crippen molar-refractivity contribution in [2.75, 3.05) is 30.8 Å². The number of sulfonamides is 1. The van der Waals surface area contributed by atoms with Crippen LogP contribution in [0, 0.1) is 5.82 Å². The molecule has 0 bridgehead atoms. The van der Waals surface area contributed by atoms with Crippen molar-refractivity contribution in [1.29, 1.82) is 0 Å². The van der Waals surface area contributed by atoms with Gasteiger partial charge in [-0.3, -0.25) is 5.10 Å². The average Bonchev–Trinajstić information content (AvgIpc) is 2.89. The van der Waals surface area contributed by atoms with Crippen molar-refractivity contribution < 1.29 is 12.8 Å². The Balaban J connectivity index is 2.02. The maximum absolute atomic E-state index is 14.1. The zero-order chi connectivity index (χ0) is 17.0. The van der Waals surface area contributed by atoms with E-state index in [0.29, 0.717) is 30.5 Å². The first-order valence-electron chi connectivity index (χ1n) is 7.15. The number of hydrogen-bond donors (Lipinski definition) is 1. The zero-order valence-electron chi connectivity index (χ0n) is 13.1. The van der Waals surface area contributed by atoms with E-state index in [-0.39, 0.29) is 5.02 Å². The van der Waals surface area contributed by atoms with Gasteiger partial charge in [-0.1, -0.05) is 11.6 Å². The molecule has 0 unspecified atom stereocenters. The quantitative estimate of drug-likeness (QED) is 0.891. The van der Waals surface area contributed by atoms with Crippen LogP contribution in [0.25, 0.3) is 10.9 Å². The highest BCUT2D eigenvalue weighted by Gasteiger charge is 2.39. The van der Waals surface area contributed by atoms with Gasteiger partial charge >= 0.3 is 0 Å². The lowest BCUT2D eigenvalue weighted by Crippen LogP contribution is -2.60. The molecule has 1 aromatic heterocycles. The molecule has 0 aliphatic carbocycles. The van der Waals surface area contributed by atoms with Gasteiger partial charge in [-0.05, 0) is 19.9 Å². The van der Waals surface area contributed by atoms with E-state index in [0.717, 1.165) is 5.69 Å². The van der Waals surface area contributed by atoms with Crippen molar-refractivity contribution >= 4 is 38.2 Å². The monoisotopic (exact) mass is 360 g/mol. The van der Waals surface area contributed by atoms with Crippen LogP contribution in [-0.4, -0.2) is 54.3 Å².